The zero-order chi connectivity index (χ0) is 12.0. The van der Waals surface area contributed by atoms with E-state index in [1.165, 1.54) is 51.5 Å². The highest BCUT2D eigenvalue weighted by molar-refractivity contribution is 4.91. The van der Waals surface area contributed by atoms with Crippen LogP contribution in [0, 0.1) is 11.3 Å². The molecule has 1 rings (SSSR count). The molecule has 1 fully saturated rings. The lowest BCUT2D eigenvalue weighted by atomic mass is 9.68. The normalized spacial score (nSPS) is 29.2. The minimum Gasteiger partial charge on any atom is -0.314 e. The van der Waals surface area contributed by atoms with Crippen molar-refractivity contribution in [3.05, 3.63) is 0 Å². The van der Waals surface area contributed by atoms with Crippen molar-refractivity contribution in [2.45, 2.75) is 78.7 Å². The van der Waals surface area contributed by atoms with Crippen molar-refractivity contribution < 1.29 is 0 Å². The molecule has 1 nitrogen and oxygen atoms in total. The minimum absolute atomic E-state index is 0.551. The van der Waals surface area contributed by atoms with Crippen LogP contribution in [0.5, 0.6) is 0 Å². The number of piperidine rings is 1. The average molecular weight is 225 g/mol. The lowest BCUT2D eigenvalue weighted by molar-refractivity contribution is 0.0944. The summed E-state index contributed by atoms with van der Waals surface area (Å²) >= 11 is 0. The van der Waals surface area contributed by atoms with Crippen LogP contribution in [0.3, 0.4) is 0 Å². The van der Waals surface area contributed by atoms with E-state index in [0.29, 0.717) is 5.41 Å². The molecule has 2 atom stereocenters. The van der Waals surface area contributed by atoms with E-state index in [9.17, 15) is 0 Å². The predicted molar refractivity (Wildman–Crippen MR) is 72.7 cm³/mol. The van der Waals surface area contributed by atoms with E-state index in [4.69, 9.17) is 0 Å². The number of rotatable bonds is 6. The Balaban J connectivity index is 2.38. The Morgan fingerprint density at radius 2 is 1.88 bits per heavy atom. The third-order valence-electron chi connectivity index (χ3n) is 4.47. The molecule has 0 aromatic carbocycles. The molecule has 1 aliphatic heterocycles. The largest absolute Gasteiger partial charge is 0.314 e. The molecule has 0 saturated carbocycles. The van der Waals surface area contributed by atoms with Crippen LogP contribution >= 0.6 is 0 Å². The molecule has 0 radical (unpaired) electrons. The number of nitrogens with one attached hydrogen (secondary N) is 1. The van der Waals surface area contributed by atoms with Gasteiger partial charge in [0.1, 0.15) is 0 Å². The minimum atomic E-state index is 0.551. The van der Waals surface area contributed by atoms with Gasteiger partial charge in [0.25, 0.3) is 0 Å². The number of hydrogen-bond acceptors (Lipinski definition) is 1. The molecule has 0 aromatic rings. The van der Waals surface area contributed by atoms with E-state index in [-0.39, 0.29) is 0 Å². The van der Waals surface area contributed by atoms with E-state index in [2.05, 4.69) is 33.0 Å². The predicted octanol–water partition coefficient (Wildman–Crippen LogP) is 4.37. The Kier molecular flexibility index (Phi) is 5.82. The fraction of sp³-hybridized carbons (Fsp3) is 1.00. The first-order valence-corrected chi connectivity index (χ1v) is 7.35. The van der Waals surface area contributed by atoms with Gasteiger partial charge in [0.05, 0.1) is 0 Å². The van der Waals surface area contributed by atoms with Gasteiger partial charge in [-0.2, -0.15) is 0 Å². The van der Waals surface area contributed by atoms with Gasteiger partial charge in [-0.1, -0.05) is 59.8 Å². The lowest BCUT2D eigenvalue weighted by Crippen LogP contribution is -2.49. The Labute approximate surface area is 102 Å². The zero-order valence-corrected chi connectivity index (χ0v) is 11.8. The number of unbranched alkanes of at least 4 members (excludes halogenated alkanes) is 3. The zero-order valence-electron chi connectivity index (χ0n) is 11.8. The molecule has 0 spiro atoms. The van der Waals surface area contributed by atoms with Gasteiger partial charge in [-0.25, -0.2) is 0 Å². The summed E-state index contributed by atoms with van der Waals surface area (Å²) in [5, 5.41) is 3.75. The van der Waals surface area contributed by atoms with Crippen molar-refractivity contribution in [2.75, 3.05) is 6.54 Å². The van der Waals surface area contributed by atoms with Gasteiger partial charge in [-0.05, 0) is 30.7 Å². The first-order valence-electron chi connectivity index (χ1n) is 7.35. The summed E-state index contributed by atoms with van der Waals surface area (Å²) in [6, 6.07) is 0.783. The molecule has 1 saturated heterocycles. The number of hydrogen-bond donors (Lipinski definition) is 1. The smallest absolute Gasteiger partial charge is 0.0100 e. The van der Waals surface area contributed by atoms with Crippen molar-refractivity contribution in [1.82, 2.24) is 5.32 Å². The maximum Gasteiger partial charge on any atom is 0.0100 e. The maximum atomic E-state index is 3.75. The molecular formula is C15H31N. The van der Waals surface area contributed by atoms with Crippen LogP contribution < -0.4 is 5.32 Å². The van der Waals surface area contributed by atoms with Crippen molar-refractivity contribution in [1.29, 1.82) is 0 Å². The highest BCUT2D eigenvalue weighted by atomic mass is 14.9. The highest BCUT2D eigenvalue weighted by Gasteiger charge is 2.36. The second-order valence-corrected chi connectivity index (χ2v) is 6.16. The molecule has 0 bridgehead atoms. The fourth-order valence-electron chi connectivity index (χ4n) is 3.38. The molecule has 1 N–H and O–H groups in total. The summed E-state index contributed by atoms with van der Waals surface area (Å²) in [6.07, 6.45) is 9.66. The van der Waals surface area contributed by atoms with Crippen LogP contribution in [-0.4, -0.2) is 12.6 Å². The summed E-state index contributed by atoms with van der Waals surface area (Å²) < 4.78 is 0. The first kappa shape index (κ1) is 14.0. The van der Waals surface area contributed by atoms with Gasteiger partial charge < -0.3 is 5.32 Å². The molecule has 0 aliphatic carbocycles. The summed E-state index contributed by atoms with van der Waals surface area (Å²) in [5.74, 6) is 0.878. The Morgan fingerprint density at radius 3 is 2.50 bits per heavy atom. The monoisotopic (exact) mass is 225 g/mol. The van der Waals surface area contributed by atoms with Crippen molar-refractivity contribution in [2.24, 2.45) is 11.3 Å². The Hall–Kier alpha value is -0.0400. The molecular weight excluding hydrogens is 194 g/mol. The molecule has 2 unspecified atom stereocenters. The molecule has 0 aromatic heterocycles. The maximum absolute atomic E-state index is 3.75. The fourth-order valence-corrected chi connectivity index (χ4v) is 3.38. The van der Waals surface area contributed by atoms with Gasteiger partial charge in [-0.15, -0.1) is 0 Å². The average Bonchev–Trinajstić information content (AvgIpc) is 2.23. The molecule has 1 aliphatic rings. The molecule has 1 heterocycles. The van der Waals surface area contributed by atoms with Gasteiger partial charge in [-0.3, -0.25) is 0 Å². The molecule has 16 heavy (non-hydrogen) atoms. The van der Waals surface area contributed by atoms with Crippen LogP contribution in [0.15, 0.2) is 0 Å². The van der Waals surface area contributed by atoms with Crippen LogP contribution in [0.25, 0.3) is 0 Å². The third-order valence-corrected chi connectivity index (χ3v) is 4.47. The van der Waals surface area contributed by atoms with Crippen molar-refractivity contribution in [3.63, 3.8) is 0 Å². The van der Waals surface area contributed by atoms with Gasteiger partial charge in [0.15, 0.2) is 0 Å². The van der Waals surface area contributed by atoms with Crippen LogP contribution in [-0.2, 0) is 0 Å². The summed E-state index contributed by atoms with van der Waals surface area (Å²) in [5.41, 5.74) is 0.551. The van der Waals surface area contributed by atoms with Crippen LogP contribution in [0.4, 0.5) is 0 Å². The van der Waals surface area contributed by atoms with Crippen molar-refractivity contribution in [3.8, 4) is 0 Å². The molecule has 0 amide bonds. The first-order chi connectivity index (χ1) is 7.61. The second kappa shape index (κ2) is 6.64. The summed E-state index contributed by atoms with van der Waals surface area (Å²) in [6.45, 7) is 10.8. The quantitative estimate of drug-likeness (QED) is 0.662. The molecule has 1 heteroatoms. The second-order valence-electron chi connectivity index (χ2n) is 6.16. The Morgan fingerprint density at radius 1 is 1.12 bits per heavy atom. The van der Waals surface area contributed by atoms with E-state index < -0.39 is 0 Å². The third kappa shape index (κ3) is 3.76. The van der Waals surface area contributed by atoms with E-state index in [1.807, 2.05) is 0 Å². The summed E-state index contributed by atoms with van der Waals surface area (Å²) in [4.78, 5) is 0. The van der Waals surface area contributed by atoms with Gasteiger partial charge in [0, 0.05) is 6.04 Å². The Bertz CT molecular complexity index is 186. The van der Waals surface area contributed by atoms with E-state index >= 15 is 0 Å². The molecule has 96 valence electrons. The standard InChI is InChI=1S/C15H31N/c1-5-7-8-9-10-14-13(6-2)15(3,4)11-12-16-14/h13-14,16H,5-12H2,1-4H3. The van der Waals surface area contributed by atoms with E-state index in [1.54, 1.807) is 0 Å². The topological polar surface area (TPSA) is 12.0 Å². The van der Waals surface area contributed by atoms with Crippen LogP contribution in [0.2, 0.25) is 0 Å². The summed E-state index contributed by atoms with van der Waals surface area (Å²) in [7, 11) is 0. The highest BCUT2D eigenvalue weighted by Crippen LogP contribution is 2.39. The van der Waals surface area contributed by atoms with Gasteiger partial charge >= 0.3 is 0 Å². The SMILES string of the molecule is CCCCCCC1NCCC(C)(C)C1CC. The van der Waals surface area contributed by atoms with E-state index in [0.717, 1.165) is 12.0 Å². The van der Waals surface area contributed by atoms with Crippen molar-refractivity contribution >= 4 is 0 Å². The van der Waals surface area contributed by atoms with Gasteiger partial charge in [0.2, 0.25) is 0 Å². The van der Waals surface area contributed by atoms with Crippen LogP contribution in [0.1, 0.15) is 72.6 Å². The lowest BCUT2D eigenvalue weighted by Gasteiger charge is -2.44.